The molecule has 0 amide bonds. The first-order valence-electron chi connectivity index (χ1n) is 13.9. The number of para-hydroxylation sites is 1. The van der Waals surface area contributed by atoms with E-state index in [9.17, 15) is 0 Å². The molecule has 7 aromatic carbocycles. The number of aliphatic imine (C=N–C) groups is 1. The second kappa shape index (κ2) is 9.03. The third-order valence-electron chi connectivity index (χ3n) is 8.46. The molecule has 1 heterocycles. The van der Waals surface area contributed by atoms with Crippen molar-refractivity contribution in [1.29, 1.82) is 0 Å². The molecule has 0 aromatic heterocycles. The first-order valence-corrected chi connectivity index (χ1v) is 13.9. The van der Waals surface area contributed by atoms with Gasteiger partial charge in [-0.05, 0) is 84.8 Å². The van der Waals surface area contributed by atoms with Gasteiger partial charge in [0, 0.05) is 11.6 Å². The zero-order valence-corrected chi connectivity index (χ0v) is 22.3. The number of nitrogens with zero attached hydrogens (tertiary/aromatic N) is 1. The maximum absolute atomic E-state index is 4.85. The van der Waals surface area contributed by atoms with Crippen LogP contribution in [0.1, 0.15) is 24.0 Å². The van der Waals surface area contributed by atoms with E-state index in [2.05, 4.69) is 146 Å². The van der Waals surface area contributed by atoms with Crippen LogP contribution >= 0.6 is 0 Å². The lowest BCUT2D eigenvalue weighted by Gasteiger charge is -2.19. The Morgan fingerprint density at radius 2 is 1.00 bits per heavy atom. The van der Waals surface area contributed by atoms with Gasteiger partial charge in [0.1, 0.15) is 0 Å². The van der Waals surface area contributed by atoms with Gasteiger partial charge in [0.25, 0.3) is 0 Å². The molecule has 1 atom stereocenters. The van der Waals surface area contributed by atoms with Gasteiger partial charge in [0.05, 0.1) is 5.69 Å². The van der Waals surface area contributed by atoms with Gasteiger partial charge in [-0.3, -0.25) is 4.99 Å². The van der Waals surface area contributed by atoms with Crippen LogP contribution in [0.2, 0.25) is 0 Å². The van der Waals surface area contributed by atoms with Gasteiger partial charge in [0.15, 0.2) is 0 Å². The predicted molar refractivity (Wildman–Crippen MR) is 171 cm³/mol. The van der Waals surface area contributed by atoms with Gasteiger partial charge in [-0.1, -0.05) is 127 Å². The van der Waals surface area contributed by atoms with Crippen molar-refractivity contribution in [3.05, 3.63) is 151 Å². The van der Waals surface area contributed by atoms with Crippen LogP contribution in [0.15, 0.2) is 145 Å². The molecule has 0 saturated heterocycles. The van der Waals surface area contributed by atoms with Crippen molar-refractivity contribution >= 4 is 43.7 Å². The molecule has 0 fully saturated rings. The second-order valence-corrected chi connectivity index (χ2v) is 10.8. The summed E-state index contributed by atoms with van der Waals surface area (Å²) in [6.07, 6.45) is 0. The maximum atomic E-state index is 4.85. The highest BCUT2D eigenvalue weighted by Gasteiger charge is 2.25. The van der Waals surface area contributed by atoms with Crippen molar-refractivity contribution in [3.63, 3.8) is 0 Å². The van der Waals surface area contributed by atoms with Gasteiger partial charge >= 0.3 is 0 Å². The minimum atomic E-state index is 0.217. The molecule has 8 rings (SSSR count). The van der Waals surface area contributed by atoms with Crippen molar-refractivity contribution in [2.24, 2.45) is 4.99 Å². The lowest BCUT2D eigenvalue weighted by Crippen LogP contribution is -2.06. The predicted octanol–water partition coefficient (Wildman–Crippen LogP) is 10.7. The van der Waals surface area contributed by atoms with Gasteiger partial charge in [-0.2, -0.15) is 0 Å². The summed E-state index contributed by atoms with van der Waals surface area (Å²) in [7, 11) is 0. The summed E-state index contributed by atoms with van der Waals surface area (Å²) in [4.78, 5) is 4.85. The Labute approximate surface area is 234 Å². The Morgan fingerprint density at radius 1 is 0.475 bits per heavy atom. The fraction of sp³-hybridized carbons (Fsp3) is 0.0513. The molecule has 1 aliphatic heterocycles. The number of rotatable bonds is 3. The van der Waals surface area contributed by atoms with Crippen LogP contribution in [0.4, 0.5) is 5.69 Å². The fourth-order valence-corrected chi connectivity index (χ4v) is 6.67. The van der Waals surface area contributed by atoms with E-state index in [1.165, 1.54) is 65.7 Å². The van der Waals surface area contributed by atoms with Crippen LogP contribution in [-0.4, -0.2) is 5.71 Å². The highest BCUT2D eigenvalue weighted by molar-refractivity contribution is 6.21. The first-order chi connectivity index (χ1) is 19.8. The Balaban J connectivity index is 1.33. The summed E-state index contributed by atoms with van der Waals surface area (Å²) in [6, 6.07) is 50.9. The highest BCUT2D eigenvalue weighted by atomic mass is 14.8. The van der Waals surface area contributed by atoms with Crippen LogP contribution in [-0.2, 0) is 0 Å². The van der Waals surface area contributed by atoms with E-state index >= 15 is 0 Å². The van der Waals surface area contributed by atoms with E-state index in [0.29, 0.717) is 0 Å². The molecule has 0 bridgehead atoms. The molecule has 0 N–H and O–H groups in total. The van der Waals surface area contributed by atoms with Gasteiger partial charge in [-0.15, -0.1) is 0 Å². The highest BCUT2D eigenvalue weighted by Crippen LogP contribution is 2.45. The molecule has 0 saturated carbocycles. The van der Waals surface area contributed by atoms with E-state index in [0.717, 1.165) is 11.4 Å². The number of hydrogen-bond acceptors (Lipinski definition) is 1. The number of fused-ring (bicyclic) bond motifs is 4. The largest absolute Gasteiger partial charge is 0.257 e. The van der Waals surface area contributed by atoms with E-state index < -0.39 is 0 Å². The SMILES string of the molecule is CC1=Nc2ccccc2C1c1ccc(-c2c3ccccc3c(-c3ccc4ccccc4c3)c3ccccc23)cc1. The number of benzene rings is 7. The van der Waals surface area contributed by atoms with Crippen molar-refractivity contribution in [1.82, 2.24) is 0 Å². The lowest BCUT2D eigenvalue weighted by atomic mass is 9.84. The molecule has 1 heteroatoms. The van der Waals surface area contributed by atoms with E-state index in [1.54, 1.807) is 0 Å². The third kappa shape index (κ3) is 3.52. The quantitative estimate of drug-likeness (QED) is 0.210. The Bertz CT molecular complexity index is 2060. The van der Waals surface area contributed by atoms with Crippen molar-refractivity contribution < 1.29 is 0 Å². The standard InChI is InChI=1S/C39H27N/c1-25-37(35-16-8-9-17-36(35)40-25)27-19-21-28(22-20-27)38-31-12-4-6-14-33(31)39(34-15-7-5-13-32(34)38)30-23-18-26-10-2-3-11-29(26)24-30/h2-24,37H,1H3. The molecule has 0 radical (unpaired) electrons. The van der Waals surface area contributed by atoms with E-state index in [1.807, 2.05) is 0 Å². The monoisotopic (exact) mass is 509 g/mol. The van der Waals surface area contributed by atoms with Crippen LogP contribution in [0.25, 0.3) is 54.6 Å². The van der Waals surface area contributed by atoms with Crippen molar-refractivity contribution in [2.45, 2.75) is 12.8 Å². The van der Waals surface area contributed by atoms with Crippen molar-refractivity contribution in [2.75, 3.05) is 0 Å². The lowest BCUT2D eigenvalue weighted by molar-refractivity contribution is 1.11. The van der Waals surface area contributed by atoms with Gasteiger partial charge in [-0.25, -0.2) is 0 Å². The summed E-state index contributed by atoms with van der Waals surface area (Å²) in [5, 5.41) is 7.65. The zero-order valence-electron chi connectivity index (χ0n) is 22.3. The molecule has 40 heavy (non-hydrogen) atoms. The molecule has 188 valence electrons. The minimum absolute atomic E-state index is 0.217. The van der Waals surface area contributed by atoms with Crippen LogP contribution in [0.3, 0.4) is 0 Å². The molecule has 1 aliphatic rings. The molecule has 1 nitrogen and oxygen atoms in total. The summed E-state index contributed by atoms with van der Waals surface area (Å²) in [5.74, 6) is 0.217. The maximum Gasteiger partial charge on any atom is 0.0671 e. The van der Waals surface area contributed by atoms with Crippen molar-refractivity contribution in [3.8, 4) is 22.3 Å². The third-order valence-corrected chi connectivity index (χ3v) is 8.46. The Kier molecular flexibility index (Phi) is 5.18. The summed E-state index contributed by atoms with van der Waals surface area (Å²) >= 11 is 0. The Hall–Kier alpha value is -5.01. The van der Waals surface area contributed by atoms with Crippen LogP contribution in [0, 0.1) is 0 Å². The number of hydrogen-bond donors (Lipinski definition) is 0. The van der Waals surface area contributed by atoms with E-state index in [-0.39, 0.29) is 5.92 Å². The smallest absolute Gasteiger partial charge is 0.0671 e. The molecule has 1 unspecified atom stereocenters. The molecular weight excluding hydrogens is 482 g/mol. The first kappa shape index (κ1) is 22.9. The summed E-state index contributed by atoms with van der Waals surface area (Å²) in [5.41, 5.74) is 9.91. The average molecular weight is 510 g/mol. The summed E-state index contributed by atoms with van der Waals surface area (Å²) < 4.78 is 0. The molecule has 0 spiro atoms. The van der Waals surface area contributed by atoms with E-state index in [4.69, 9.17) is 4.99 Å². The molecule has 0 aliphatic carbocycles. The van der Waals surface area contributed by atoms with Gasteiger partial charge < -0.3 is 0 Å². The van der Waals surface area contributed by atoms with Gasteiger partial charge in [0.2, 0.25) is 0 Å². The second-order valence-electron chi connectivity index (χ2n) is 10.8. The average Bonchev–Trinajstić information content (AvgIpc) is 3.35. The Morgan fingerprint density at radius 3 is 1.68 bits per heavy atom. The fourth-order valence-electron chi connectivity index (χ4n) is 6.67. The van der Waals surface area contributed by atoms with Crippen LogP contribution < -0.4 is 0 Å². The molecular formula is C39H27N. The zero-order chi connectivity index (χ0) is 26.6. The van der Waals surface area contributed by atoms with Crippen LogP contribution in [0.5, 0.6) is 0 Å². The molecule has 7 aromatic rings. The normalized spacial score (nSPS) is 14.5. The topological polar surface area (TPSA) is 12.4 Å². The minimum Gasteiger partial charge on any atom is -0.257 e. The summed E-state index contributed by atoms with van der Waals surface area (Å²) in [6.45, 7) is 2.14.